The molecule has 1 aliphatic rings. The first-order valence-corrected chi connectivity index (χ1v) is 8.70. The fourth-order valence-electron chi connectivity index (χ4n) is 3.93. The van der Waals surface area contributed by atoms with Gasteiger partial charge in [0.2, 0.25) is 0 Å². The number of piperidine rings is 1. The van der Waals surface area contributed by atoms with Gasteiger partial charge in [-0.2, -0.15) is 0 Å². The van der Waals surface area contributed by atoms with Crippen LogP contribution in [0, 0.1) is 5.41 Å². The number of fused-ring (bicyclic) bond motifs is 1. The summed E-state index contributed by atoms with van der Waals surface area (Å²) in [6, 6.07) is 9.18. The molecule has 0 radical (unpaired) electrons. The quantitative estimate of drug-likeness (QED) is 0.782. The summed E-state index contributed by atoms with van der Waals surface area (Å²) in [4.78, 5) is 17.8. The molecule has 3 rings (SSSR count). The van der Waals surface area contributed by atoms with Crippen LogP contribution in [0.5, 0.6) is 0 Å². The van der Waals surface area contributed by atoms with Gasteiger partial charge in [0.1, 0.15) is 0 Å². The number of aliphatic hydroxyl groups excluding tert-OH is 2. The van der Waals surface area contributed by atoms with Crippen LogP contribution < -0.4 is 5.43 Å². The maximum Gasteiger partial charge on any atom is 0.189 e. The lowest BCUT2D eigenvalue weighted by Crippen LogP contribution is -2.53. The Morgan fingerprint density at radius 3 is 2.92 bits per heavy atom. The molecule has 2 aromatic rings. The maximum absolute atomic E-state index is 12.3. The molecule has 0 aliphatic carbocycles. The lowest BCUT2D eigenvalue weighted by atomic mass is 9.74. The molecule has 0 spiro atoms. The predicted molar refractivity (Wildman–Crippen MR) is 94.9 cm³/mol. The van der Waals surface area contributed by atoms with E-state index in [-0.39, 0.29) is 12.0 Å². The number of aliphatic hydroxyl groups is 2. The molecule has 1 aromatic carbocycles. The van der Waals surface area contributed by atoms with Crippen molar-refractivity contribution in [2.75, 3.05) is 19.7 Å². The van der Waals surface area contributed by atoms with E-state index >= 15 is 0 Å². The first-order valence-electron chi connectivity index (χ1n) is 8.70. The summed E-state index contributed by atoms with van der Waals surface area (Å²) < 4.78 is 0. The average molecular weight is 330 g/mol. The van der Waals surface area contributed by atoms with Gasteiger partial charge in [-0.1, -0.05) is 25.5 Å². The van der Waals surface area contributed by atoms with Crippen molar-refractivity contribution >= 4 is 10.9 Å². The molecule has 0 bridgehead atoms. The molecule has 1 fully saturated rings. The van der Waals surface area contributed by atoms with Gasteiger partial charge < -0.3 is 15.2 Å². The Kier molecular flexibility index (Phi) is 5.04. The number of aromatic amines is 1. The lowest BCUT2D eigenvalue weighted by molar-refractivity contribution is -0.0821. The summed E-state index contributed by atoms with van der Waals surface area (Å²) in [6.45, 7) is 4.10. The number of hydrogen-bond donors (Lipinski definition) is 3. The SMILES string of the molecule is CCC[C@@]1(CO)CN(Cc2cc(=O)c3ccccc3[nH]2)CC[C@@H]1O. The Morgan fingerprint density at radius 2 is 2.17 bits per heavy atom. The summed E-state index contributed by atoms with van der Waals surface area (Å²) in [5, 5.41) is 20.9. The zero-order chi connectivity index (χ0) is 17.2. The van der Waals surface area contributed by atoms with Crippen LogP contribution in [-0.4, -0.2) is 45.9 Å². The first-order chi connectivity index (χ1) is 11.6. The third kappa shape index (κ3) is 3.24. The van der Waals surface area contributed by atoms with Crippen molar-refractivity contribution in [2.24, 2.45) is 5.41 Å². The molecule has 1 aliphatic heterocycles. The number of pyridine rings is 1. The van der Waals surface area contributed by atoms with E-state index < -0.39 is 11.5 Å². The third-order valence-electron chi connectivity index (χ3n) is 5.21. The van der Waals surface area contributed by atoms with E-state index in [0.717, 1.165) is 30.6 Å². The smallest absolute Gasteiger partial charge is 0.189 e. The molecule has 1 aromatic heterocycles. The highest BCUT2D eigenvalue weighted by molar-refractivity contribution is 5.78. The van der Waals surface area contributed by atoms with E-state index in [2.05, 4.69) is 16.8 Å². The highest BCUT2D eigenvalue weighted by Crippen LogP contribution is 2.35. The summed E-state index contributed by atoms with van der Waals surface area (Å²) in [5.74, 6) is 0. The number of H-pyrrole nitrogens is 1. The molecule has 130 valence electrons. The van der Waals surface area contributed by atoms with Crippen molar-refractivity contribution in [3.05, 3.63) is 46.2 Å². The molecule has 5 heteroatoms. The molecular formula is C19H26N2O3. The second-order valence-corrected chi connectivity index (χ2v) is 6.99. The minimum absolute atomic E-state index is 0.00720. The first kappa shape index (κ1) is 17.1. The average Bonchev–Trinajstić information content (AvgIpc) is 2.58. The Morgan fingerprint density at radius 1 is 1.38 bits per heavy atom. The Labute approximate surface area is 141 Å². The second-order valence-electron chi connectivity index (χ2n) is 6.99. The van der Waals surface area contributed by atoms with E-state index in [1.165, 1.54) is 0 Å². The van der Waals surface area contributed by atoms with Gasteiger partial charge in [0.15, 0.2) is 5.43 Å². The molecule has 24 heavy (non-hydrogen) atoms. The number of rotatable bonds is 5. The molecule has 0 saturated carbocycles. The van der Waals surface area contributed by atoms with E-state index in [1.54, 1.807) is 6.07 Å². The third-order valence-corrected chi connectivity index (χ3v) is 5.21. The number of nitrogens with zero attached hydrogens (tertiary/aromatic N) is 1. The van der Waals surface area contributed by atoms with Crippen molar-refractivity contribution in [1.29, 1.82) is 0 Å². The minimum atomic E-state index is -0.464. The van der Waals surface area contributed by atoms with Gasteiger partial charge in [-0.05, 0) is 25.0 Å². The molecule has 5 nitrogen and oxygen atoms in total. The highest BCUT2D eigenvalue weighted by Gasteiger charge is 2.41. The second kappa shape index (κ2) is 7.05. The highest BCUT2D eigenvalue weighted by atomic mass is 16.3. The zero-order valence-electron chi connectivity index (χ0n) is 14.2. The van der Waals surface area contributed by atoms with Crippen LogP contribution in [0.25, 0.3) is 10.9 Å². The van der Waals surface area contributed by atoms with Crippen LogP contribution in [0.15, 0.2) is 35.1 Å². The Bertz CT molecular complexity index is 758. The topological polar surface area (TPSA) is 76.6 Å². The number of benzene rings is 1. The van der Waals surface area contributed by atoms with Crippen LogP contribution in [0.4, 0.5) is 0 Å². The van der Waals surface area contributed by atoms with Crippen LogP contribution >= 0.6 is 0 Å². The van der Waals surface area contributed by atoms with Crippen molar-refractivity contribution < 1.29 is 10.2 Å². The number of aromatic nitrogens is 1. The van der Waals surface area contributed by atoms with Crippen molar-refractivity contribution in [3.63, 3.8) is 0 Å². The number of hydrogen-bond acceptors (Lipinski definition) is 4. The molecule has 1 saturated heterocycles. The van der Waals surface area contributed by atoms with E-state index in [1.807, 2.05) is 24.3 Å². The molecule has 2 heterocycles. The fourth-order valence-corrected chi connectivity index (χ4v) is 3.93. The Balaban J connectivity index is 1.82. The predicted octanol–water partition coefficient (Wildman–Crippen LogP) is 1.87. The van der Waals surface area contributed by atoms with Crippen LogP contribution in [0.1, 0.15) is 31.9 Å². The van der Waals surface area contributed by atoms with Gasteiger partial charge >= 0.3 is 0 Å². The monoisotopic (exact) mass is 330 g/mol. The van der Waals surface area contributed by atoms with Crippen molar-refractivity contribution in [1.82, 2.24) is 9.88 Å². The van der Waals surface area contributed by atoms with E-state index in [9.17, 15) is 15.0 Å². The van der Waals surface area contributed by atoms with Crippen LogP contribution in [-0.2, 0) is 6.54 Å². The van der Waals surface area contributed by atoms with E-state index in [0.29, 0.717) is 24.9 Å². The van der Waals surface area contributed by atoms with Gasteiger partial charge in [-0.25, -0.2) is 0 Å². The van der Waals surface area contributed by atoms with Crippen LogP contribution in [0.3, 0.4) is 0 Å². The molecular weight excluding hydrogens is 304 g/mol. The minimum Gasteiger partial charge on any atom is -0.396 e. The van der Waals surface area contributed by atoms with E-state index in [4.69, 9.17) is 0 Å². The normalized spacial score (nSPS) is 25.2. The fraction of sp³-hybridized carbons (Fsp3) is 0.526. The van der Waals surface area contributed by atoms with Crippen LogP contribution in [0.2, 0.25) is 0 Å². The van der Waals surface area contributed by atoms with Gasteiger partial charge in [0, 0.05) is 47.7 Å². The lowest BCUT2D eigenvalue weighted by Gasteiger charge is -2.45. The molecule has 2 atom stereocenters. The number of nitrogens with one attached hydrogen (secondary N) is 1. The summed E-state index contributed by atoms with van der Waals surface area (Å²) in [6.07, 6.45) is 1.92. The number of likely N-dealkylation sites (tertiary alicyclic amines) is 1. The molecule has 0 amide bonds. The van der Waals surface area contributed by atoms with Crippen molar-refractivity contribution in [2.45, 2.75) is 38.8 Å². The molecule has 0 unspecified atom stereocenters. The summed E-state index contributed by atoms with van der Waals surface area (Å²) >= 11 is 0. The number of para-hydroxylation sites is 1. The molecule has 3 N–H and O–H groups in total. The summed E-state index contributed by atoms with van der Waals surface area (Å²) in [5.41, 5.74) is 1.29. The van der Waals surface area contributed by atoms with Gasteiger partial charge in [0.05, 0.1) is 12.7 Å². The van der Waals surface area contributed by atoms with Gasteiger partial charge in [0.25, 0.3) is 0 Å². The Hall–Kier alpha value is -1.69. The largest absolute Gasteiger partial charge is 0.396 e. The van der Waals surface area contributed by atoms with Gasteiger partial charge in [-0.3, -0.25) is 9.69 Å². The van der Waals surface area contributed by atoms with Gasteiger partial charge in [-0.15, -0.1) is 0 Å². The zero-order valence-corrected chi connectivity index (χ0v) is 14.2. The van der Waals surface area contributed by atoms with Crippen molar-refractivity contribution in [3.8, 4) is 0 Å². The summed E-state index contributed by atoms with van der Waals surface area (Å²) in [7, 11) is 0. The standard InChI is InChI=1S/C19H26N2O3/c1-2-8-19(13-22)12-21(9-7-18(19)24)11-14-10-17(23)15-5-3-4-6-16(15)20-14/h3-6,10,18,22,24H,2,7-9,11-13H2,1H3,(H,20,23)/t18-,19-/m0/s1. The maximum atomic E-state index is 12.3.